The molecule has 2 aliphatic rings. The molecule has 1 aliphatic heterocycles. The number of nitrogens with one attached hydrogen (secondary N) is 1. The molecule has 0 unspecified atom stereocenters. The predicted molar refractivity (Wildman–Crippen MR) is 80.6 cm³/mol. The van der Waals surface area contributed by atoms with Gasteiger partial charge in [0.2, 0.25) is 0 Å². The molecule has 1 aliphatic carbocycles. The summed E-state index contributed by atoms with van der Waals surface area (Å²) in [5, 5.41) is 3.48. The Morgan fingerprint density at radius 1 is 1.00 bits per heavy atom. The highest BCUT2D eigenvalue weighted by molar-refractivity contribution is 5.42. The van der Waals surface area contributed by atoms with Crippen LogP contribution in [0.3, 0.4) is 0 Å². The summed E-state index contributed by atoms with van der Waals surface area (Å²) in [5.74, 6) is 0. The molecule has 0 amide bonds. The number of hydrogen-bond acceptors (Lipinski definition) is 3. The molecule has 2 fully saturated rings. The molecule has 0 bridgehead atoms. The average molecular weight is 259 g/mol. The highest BCUT2D eigenvalue weighted by atomic mass is 15.3. The van der Waals surface area contributed by atoms with Gasteiger partial charge in [0, 0.05) is 44.5 Å². The van der Waals surface area contributed by atoms with Crippen molar-refractivity contribution in [1.29, 1.82) is 0 Å². The molecule has 0 atom stereocenters. The zero-order chi connectivity index (χ0) is 12.9. The number of rotatable bonds is 6. The van der Waals surface area contributed by atoms with Crippen molar-refractivity contribution >= 4 is 5.69 Å². The van der Waals surface area contributed by atoms with E-state index in [2.05, 4.69) is 45.4 Å². The van der Waals surface area contributed by atoms with Gasteiger partial charge in [-0.05, 0) is 37.9 Å². The molecule has 1 aromatic carbocycles. The molecule has 0 spiro atoms. The summed E-state index contributed by atoms with van der Waals surface area (Å²) in [6.45, 7) is 7.42. The molecule has 0 aromatic heterocycles. The Morgan fingerprint density at radius 3 is 2.42 bits per heavy atom. The van der Waals surface area contributed by atoms with E-state index < -0.39 is 0 Å². The fourth-order valence-corrected chi connectivity index (χ4v) is 2.88. The number of piperazine rings is 1. The Kier molecular flexibility index (Phi) is 4.36. The molecule has 1 heterocycles. The number of benzene rings is 1. The number of hydrogen-bond donors (Lipinski definition) is 1. The van der Waals surface area contributed by atoms with Crippen molar-refractivity contribution in [2.75, 3.05) is 44.6 Å². The smallest absolute Gasteiger partial charge is 0.0340 e. The maximum atomic E-state index is 3.48. The summed E-state index contributed by atoms with van der Waals surface area (Å²) < 4.78 is 0. The van der Waals surface area contributed by atoms with Crippen LogP contribution in [-0.4, -0.2) is 55.1 Å². The summed E-state index contributed by atoms with van der Waals surface area (Å²) in [6.07, 6.45) is 4.13. The first-order valence-electron chi connectivity index (χ1n) is 7.67. The van der Waals surface area contributed by atoms with Gasteiger partial charge in [0.1, 0.15) is 0 Å². The molecule has 104 valence electrons. The van der Waals surface area contributed by atoms with Gasteiger partial charge in [-0.15, -0.1) is 0 Å². The van der Waals surface area contributed by atoms with Gasteiger partial charge in [0.15, 0.2) is 0 Å². The van der Waals surface area contributed by atoms with Crippen LogP contribution in [0.15, 0.2) is 30.3 Å². The third-order valence-corrected chi connectivity index (χ3v) is 4.22. The van der Waals surface area contributed by atoms with Crippen LogP contribution >= 0.6 is 0 Å². The van der Waals surface area contributed by atoms with Crippen LogP contribution in [-0.2, 0) is 0 Å². The molecule has 1 saturated carbocycles. The molecule has 0 radical (unpaired) electrons. The van der Waals surface area contributed by atoms with Crippen LogP contribution in [0.4, 0.5) is 5.69 Å². The highest BCUT2D eigenvalue weighted by Crippen LogP contribution is 2.27. The van der Waals surface area contributed by atoms with Crippen molar-refractivity contribution in [3.8, 4) is 0 Å². The van der Waals surface area contributed by atoms with Crippen molar-refractivity contribution in [3.05, 3.63) is 30.3 Å². The Balaban J connectivity index is 1.28. The van der Waals surface area contributed by atoms with E-state index in [1.54, 1.807) is 0 Å². The summed E-state index contributed by atoms with van der Waals surface area (Å²) in [7, 11) is 0. The molecule has 3 rings (SSSR count). The lowest BCUT2D eigenvalue weighted by Crippen LogP contribution is -2.47. The highest BCUT2D eigenvalue weighted by Gasteiger charge is 2.30. The van der Waals surface area contributed by atoms with Gasteiger partial charge in [0.05, 0.1) is 0 Å². The van der Waals surface area contributed by atoms with E-state index in [0.717, 1.165) is 12.6 Å². The van der Waals surface area contributed by atoms with E-state index in [0.29, 0.717) is 0 Å². The van der Waals surface area contributed by atoms with Gasteiger partial charge in [-0.1, -0.05) is 18.2 Å². The van der Waals surface area contributed by atoms with Crippen molar-refractivity contribution in [3.63, 3.8) is 0 Å². The first kappa shape index (κ1) is 12.9. The van der Waals surface area contributed by atoms with E-state index in [1.807, 2.05) is 0 Å². The van der Waals surface area contributed by atoms with Gasteiger partial charge in [-0.3, -0.25) is 4.90 Å². The normalized spacial score (nSPS) is 21.5. The van der Waals surface area contributed by atoms with Crippen molar-refractivity contribution in [2.24, 2.45) is 0 Å². The van der Waals surface area contributed by atoms with E-state index in [-0.39, 0.29) is 0 Å². The van der Waals surface area contributed by atoms with Gasteiger partial charge in [0.25, 0.3) is 0 Å². The van der Waals surface area contributed by atoms with E-state index in [9.17, 15) is 0 Å². The maximum Gasteiger partial charge on any atom is 0.0340 e. The van der Waals surface area contributed by atoms with Crippen LogP contribution in [0.5, 0.6) is 0 Å². The third-order valence-electron chi connectivity index (χ3n) is 4.22. The van der Waals surface area contributed by atoms with Crippen LogP contribution in [0, 0.1) is 0 Å². The Bertz CT molecular complexity index is 367. The Hall–Kier alpha value is -1.06. The average Bonchev–Trinajstić information content (AvgIpc) is 3.30. The first-order valence-corrected chi connectivity index (χ1v) is 7.67. The standard InChI is InChI=1S/C16H25N3/c1-2-5-15(6-3-1)17-9-4-10-18-11-13-19(14-12-18)16-7-8-16/h1-3,5-6,16-17H,4,7-14H2. The van der Waals surface area contributed by atoms with Gasteiger partial charge < -0.3 is 10.2 Å². The number of anilines is 1. The van der Waals surface area contributed by atoms with E-state index in [4.69, 9.17) is 0 Å². The van der Waals surface area contributed by atoms with Crippen molar-refractivity contribution < 1.29 is 0 Å². The number of nitrogens with zero attached hydrogens (tertiary/aromatic N) is 2. The first-order chi connectivity index (χ1) is 9.42. The molecule has 1 N–H and O–H groups in total. The fraction of sp³-hybridized carbons (Fsp3) is 0.625. The molecular weight excluding hydrogens is 234 g/mol. The topological polar surface area (TPSA) is 18.5 Å². The number of para-hydroxylation sites is 1. The minimum absolute atomic E-state index is 0.946. The monoisotopic (exact) mass is 259 g/mol. The van der Waals surface area contributed by atoms with Gasteiger partial charge in [-0.2, -0.15) is 0 Å². The molecule has 3 heteroatoms. The fourth-order valence-electron chi connectivity index (χ4n) is 2.88. The Morgan fingerprint density at radius 2 is 1.74 bits per heavy atom. The second kappa shape index (κ2) is 6.40. The molecule has 1 aromatic rings. The minimum Gasteiger partial charge on any atom is -0.385 e. The van der Waals surface area contributed by atoms with Crippen molar-refractivity contribution in [1.82, 2.24) is 9.80 Å². The second-order valence-electron chi connectivity index (χ2n) is 5.76. The molecule has 1 saturated heterocycles. The maximum absolute atomic E-state index is 3.48. The van der Waals surface area contributed by atoms with Crippen LogP contribution in [0.2, 0.25) is 0 Å². The summed E-state index contributed by atoms with van der Waals surface area (Å²) in [4.78, 5) is 5.30. The zero-order valence-corrected chi connectivity index (χ0v) is 11.7. The lowest BCUT2D eigenvalue weighted by molar-refractivity contribution is 0.126. The Labute approximate surface area is 116 Å². The largest absolute Gasteiger partial charge is 0.385 e. The lowest BCUT2D eigenvalue weighted by Gasteiger charge is -2.34. The molecule has 19 heavy (non-hydrogen) atoms. The van der Waals surface area contributed by atoms with Gasteiger partial charge in [-0.25, -0.2) is 0 Å². The molecule has 3 nitrogen and oxygen atoms in total. The summed E-state index contributed by atoms with van der Waals surface area (Å²) in [6, 6.07) is 11.4. The predicted octanol–water partition coefficient (Wildman–Crippen LogP) is 2.27. The molecular formula is C16H25N3. The second-order valence-corrected chi connectivity index (χ2v) is 5.76. The lowest BCUT2D eigenvalue weighted by atomic mass is 10.2. The van der Waals surface area contributed by atoms with Gasteiger partial charge >= 0.3 is 0 Å². The third kappa shape index (κ3) is 3.95. The van der Waals surface area contributed by atoms with Crippen LogP contribution in [0.1, 0.15) is 19.3 Å². The zero-order valence-electron chi connectivity index (χ0n) is 11.7. The summed E-state index contributed by atoms with van der Waals surface area (Å²) in [5.41, 5.74) is 1.24. The quantitative estimate of drug-likeness (QED) is 0.791. The van der Waals surface area contributed by atoms with Crippen LogP contribution in [0.25, 0.3) is 0 Å². The van der Waals surface area contributed by atoms with Crippen molar-refractivity contribution in [2.45, 2.75) is 25.3 Å². The van der Waals surface area contributed by atoms with E-state index in [1.165, 1.54) is 57.7 Å². The SMILES string of the molecule is c1ccc(NCCCN2CCN(C3CC3)CC2)cc1. The minimum atomic E-state index is 0.946. The summed E-state index contributed by atoms with van der Waals surface area (Å²) >= 11 is 0. The van der Waals surface area contributed by atoms with Crippen LogP contribution < -0.4 is 5.32 Å². The van der Waals surface area contributed by atoms with E-state index >= 15 is 0 Å².